The van der Waals surface area contributed by atoms with Gasteiger partial charge in [0, 0.05) is 25.1 Å². The van der Waals surface area contributed by atoms with E-state index in [4.69, 9.17) is 4.98 Å². The summed E-state index contributed by atoms with van der Waals surface area (Å²) in [5, 5.41) is 14.4. The number of ether oxygens (including phenoxy) is 1. The molecule has 2 saturated carbocycles. The average Bonchev–Trinajstić information content (AvgIpc) is 3.47. The average molecular weight is 612 g/mol. The number of hydrogen-bond donors (Lipinski definition) is 2. The molecule has 0 saturated heterocycles. The second-order valence-corrected chi connectivity index (χ2v) is 11.6. The first-order valence-electron chi connectivity index (χ1n) is 14.3. The Morgan fingerprint density at radius 2 is 1.77 bits per heavy atom. The molecule has 2 aliphatic carbocycles. The van der Waals surface area contributed by atoms with Crippen LogP contribution in [0.5, 0.6) is 0 Å². The molecule has 0 spiro atoms. The topological polar surface area (TPSA) is 115 Å². The van der Waals surface area contributed by atoms with E-state index in [1.807, 2.05) is 13.8 Å². The van der Waals surface area contributed by atoms with Crippen molar-refractivity contribution in [3.63, 3.8) is 0 Å². The van der Waals surface area contributed by atoms with Crippen molar-refractivity contribution in [3.8, 4) is 0 Å². The third-order valence-electron chi connectivity index (χ3n) is 7.86. The smallest absolute Gasteiger partial charge is 0.362 e. The van der Waals surface area contributed by atoms with Crippen LogP contribution in [-0.4, -0.2) is 61.5 Å². The van der Waals surface area contributed by atoms with Crippen LogP contribution in [0.25, 0.3) is 5.65 Å². The number of amides is 2. The Bertz CT molecular complexity index is 1440. The highest BCUT2D eigenvalue weighted by atomic mass is 19.4. The molecule has 0 aliphatic heterocycles. The Morgan fingerprint density at radius 1 is 1.07 bits per heavy atom. The number of nitrogens with zero attached hydrogens (tertiary/aromatic N) is 5. The minimum Gasteiger partial charge on any atom is -0.362 e. The molecule has 3 aromatic heterocycles. The zero-order valence-electron chi connectivity index (χ0n) is 23.8. The van der Waals surface area contributed by atoms with Gasteiger partial charge in [0.1, 0.15) is 18.9 Å². The summed E-state index contributed by atoms with van der Waals surface area (Å²) in [4.78, 5) is 30.4. The number of imidazole rings is 1. The number of alkyl halides is 5. The molecule has 234 valence electrons. The third kappa shape index (κ3) is 7.67. The van der Waals surface area contributed by atoms with Crippen LogP contribution in [0.2, 0.25) is 0 Å². The summed E-state index contributed by atoms with van der Waals surface area (Å²) >= 11 is 0. The summed E-state index contributed by atoms with van der Waals surface area (Å²) < 4.78 is 72.8. The number of carbonyl (C=O) groups is 2. The number of aromatic nitrogens is 5. The largest absolute Gasteiger partial charge is 0.411 e. The van der Waals surface area contributed by atoms with Gasteiger partial charge in [0.05, 0.1) is 30.2 Å². The molecule has 0 bridgehead atoms. The van der Waals surface area contributed by atoms with Gasteiger partial charge in [-0.15, -0.1) is 0 Å². The Morgan fingerprint density at radius 3 is 2.42 bits per heavy atom. The normalized spacial score (nSPS) is 19.0. The summed E-state index contributed by atoms with van der Waals surface area (Å²) in [6.45, 7) is 1.53. The van der Waals surface area contributed by atoms with Gasteiger partial charge in [-0.25, -0.2) is 18.3 Å². The Labute approximate surface area is 244 Å². The maximum absolute atomic E-state index is 14.0. The van der Waals surface area contributed by atoms with Crippen LogP contribution in [0, 0.1) is 11.8 Å². The minimum absolute atomic E-state index is 0.0727. The monoisotopic (exact) mass is 611 g/mol. The summed E-state index contributed by atoms with van der Waals surface area (Å²) in [6.07, 6.45) is 1.65. The fourth-order valence-corrected chi connectivity index (χ4v) is 5.56. The van der Waals surface area contributed by atoms with Gasteiger partial charge >= 0.3 is 6.18 Å². The van der Waals surface area contributed by atoms with Gasteiger partial charge in [-0.3, -0.25) is 14.3 Å². The number of rotatable bonds is 11. The van der Waals surface area contributed by atoms with Gasteiger partial charge in [-0.2, -0.15) is 23.4 Å². The molecule has 0 radical (unpaired) electrons. The molecular weight excluding hydrogens is 577 g/mol. The lowest BCUT2D eigenvalue weighted by Crippen LogP contribution is -2.38. The van der Waals surface area contributed by atoms with Gasteiger partial charge < -0.3 is 15.4 Å². The van der Waals surface area contributed by atoms with Gasteiger partial charge in [0.25, 0.3) is 5.91 Å². The van der Waals surface area contributed by atoms with Gasteiger partial charge in [0.15, 0.2) is 5.65 Å². The Hall–Kier alpha value is -3.62. The Balaban J connectivity index is 1.38. The summed E-state index contributed by atoms with van der Waals surface area (Å²) in [5.74, 6) is -4.03. The minimum atomic E-state index is -4.53. The molecule has 2 N–H and O–H groups in total. The molecule has 3 aromatic rings. The fourth-order valence-electron chi connectivity index (χ4n) is 5.56. The molecule has 1 unspecified atom stereocenters. The van der Waals surface area contributed by atoms with E-state index in [0.717, 1.165) is 12.8 Å². The fraction of sp³-hybridized carbons (Fsp3) is 0.607. The van der Waals surface area contributed by atoms with Crippen molar-refractivity contribution >= 4 is 17.5 Å². The molecule has 43 heavy (non-hydrogen) atoms. The van der Waals surface area contributed by atoms with E-state index in [9.17, 15) is 31.5 Å². The lowest BCUT2D eigenvalue weighted by molar-refractivity contribution is -0.175. The first-order chi connectivity index (χ1) is 20.3. The van der Waals surface area contributed by atoms with Crippen molar-refractivity contribution in [2.24, 2.45) is 11.8 Å². The van der Waals surface area contributed by atoms with E-state index in [1.165, 1.54) is 10.7 Å². The van der Waals surface area contributed by atoms with E-state index < -0.39 is 49.2 Å². The number of halogens is 5. The molecule has 2 aliphatic rings. The number of fused-ring (bicyclic) bond motifs is 1. The zero-order valence-corrected chi connectivity index (χ0v) is 23.8. The summed E-state index contributed by atoms with van der Waals surface area (Å²) in [6, 6.07) is 2.08. The van der Waals surface area contributed by atoms with Crippen LogP contribution in [-0.2, 0) is 9.53 Å². The second-order valence-electron chi connectivity index (χ2n) is 11.6. The molecular formula is C28H34F5N7O3. The maximum Gasteiger partial charge on any atom is 0.411 e. The highest BCUT2D eigenvalue weighted by Crippen LogP contribution is 2.42. The van der Waals surface area contributed by atoms with Crippen LogP contribution in [0.1, 0.15) is 92.2 Å². The SMILES string of the molecule is CC(C)n1nccc1C(=O)N[C@H](c1cn2ncc(C(NC(=O)COCC(F)(F)F)C3CC3)cc2n1)C1CCC(F)(F)CC1. The van der Waals surface area contributed by atoms with Crippen molar-refractivity contribution in [1.82, 2.24) is 35.0 Å². The lowest BCUT2D eigenvalue weighted by Gasteiger charge is -2.33. The van der Waals surface area contributed by atoms with Gasteiger partial charge in [-0.1, -0.05) is 0 Å². The van der Waals surface area contributed by atoms with Crippen LogP contribution in [0.4, 0.5) is 22.0 Å². The highest BCUT2D eigenvalue weighted by Gasteiger charge is 2.40. The van der Waals surface area contributed by atoms with Crippen molar-refractivity contribution in [3.05, 3.63) is 47.7 Å². The van der Waals surface area contributed by atoms with Crippen molar-refractivity contribution in [1.29, 1.82) is 0 Å². The molecule has 5 rings (SSSR count). The number of nitrogens with one attached hydrogen (secondary N) is 2. The second kappa shape index (κ2) is 12.2. The lowest BCUT2D eigenvalue weighted by atomic mass is 9.81. The number of carbonyl (C=O) groups excluding carboxylic acids is 2. The Kier molecular flexibility index (Phi) is 8.72. The van der Waals surface area contributed by atoms with Crippen molar-refractivity contribution < 1.29 is 36.3 Å². The first-order valence-corrected chi connectivity index (χ1v) is 14.3. The van der Waals surface area contributed by atoms with Gasteiger partial charge in [-0.05, 0) is 69.1 Å². The van der Waals surface area contributed by atoms with Crippen LogP contribution >= 0.6 is 0 Å². The molecule has 2 amide bonds. The summed E-state index contributed by atoms with van der Waals surface area (Å²) in [7, 11) is 0. The molecule has 3 heterocycles. The maximum atomic E-state index is 14.0. The van der Waals surface area contributed by atoms with E-state index in [1.54, 1.807) is 29.2 Å². The predicted molar refractivity (Wildman–Crippen MR) is 143 cm³/mol. The van der Waals surface area contributed by atoms with Crippen LogP contribution in [0.15, 0.2) is 30.7 Å². The molecule has 2 atom stereocenters. The summed E-state index contributed by atoms with van der Waals surface area (Å²) in [5.41, 5.74) is 1.83. The van der Waals surface area contributed by atoms with Crippen LogP contribution in [0.3, 0.4) is 0 Å². The standard InChI is InChI=1S/C28H34F5N7O3/c1-16(2)40-21(7-10-34-40)26(42)38-25(18-5-8-27(29,30)9-6-18)20-13-39-22(36-20)11-19(12-35-39)24(17-3-4-17)37-23(41)14-43-15-28(31,32)33/h7,10-13,16-18,24-25H,3-6,8-9,14-15H2,1-2H3,(H,37,41)(H,38,42)/t24?,25-/m0/s1. The van der Waals surface area contributed by atoms with Gasteiger partial charge in [0.2, 0.25) is 11.8 Å². The molecule has 2 fully saturated rings. The molecule has 0 aromatic carbocycles. The third-order valence-corrected chi connectivity index (χ3v) is 7.86. The van der Waals surface area contributed by atoms with E-state index in [0.29, 0.717) is 22.6 Å². The zero-order chi connectivity index (χ0) is 30.9. The van der Waals surface area contributed by atoms with E-state index in [2.05, 4.69) is 25.6 Å². The number of hydrogen-bond acceptors (Lipinski definition) is 6. The highest BCUT2D eigenvalue weighted by molar-refractivity contribution is 5.92. The first kappa shape index (κ1) is 30.8. The van der Waals surface area contributed by atoms with Crippen LogP contribution < -0.4 is 10.6 Å². The van der Waals surface area contributed by atoms with Crippen molar-refractivity contribution in [2.75, 3.05) is 13.2 Å². The molecule has 10 nitrogen and oxygen atoms in total. The predicted octanol–water partition coefficient (Wildman–Crippen LogP) is 4.95. The van der Waals surface area contributed by atoms with E-state index in [-0.39, 0.29) is 43.6 Å². The van der Waals surface area contributed by atoms with E-state index >= 15 is 0 Å². The van der Waals surface area contributed by atoms with Crippen molar-refractivity contribution in [2.45, 2.75) is 82.6 Å². The molecule has 15 heteroatoms. The quantitative estimate of drug-likeness (QED) is 0.297.